The van der Waals surface area contributed by atoms with E-state index in [1.807, 2.05) is 13.8 Å². The first-order chi connectivity index (χ1) is 11.8. The molecule has 7 heteroatoms. The van der Waals surface area contributed by atoms with Crippen molar-refractivity contribution < 1.29 is 18.4 Å². The Labute approximate surface area is 143 Å². The van der Waals surface area contributed by atoms with Gasteiger partial charge in [-0.05, 0) is 29.8 Å². The van der Waals surface area contributed by atoms with Crippen molar-refractivity contribution in [2.75, 3.05) is 11.9 Å². The average molecular weight is 345 g/mol. The van der Waals surface area contributed by atoms with Crippen molar-refractivity contribution in [3.63, 3.8) is 0 Å². The second kappa shape index (κ2) is 6.23. The highest BCUT2D eigenvalue weighted by molar-refractivity contribution is 6.39. The quantitative estimate of drug-likeness (QED) is 0.852. The Morgan fingerprint density at radius 2 is 1.88 bits per heavy atom. The monoisotopic (exact) mass is 345 g/mol. The standard InChI is InChI=1S/C18H17F2N3O2/c1-18(2)10-23(15(18)11-6-8-21-9-7-11)17(25)16(24)22-13-5-3-4-12(19)14(13)20/h3-9,15H,10H2,1-2H3,(H,22,24). The van der Waals surface area contributed by atoms with E-state index >= 15 is 0 Å². The molecule has 1 atom stereocenters. The fourth-order valence-electron chi connectivity index (χ4n) is 3.20. The lowest BCUT2D eigenvalue weighted by Crippen LogP contribution is -2.60. The summed E-state index contributed by atoms with van der Waals surface area (Å²) < 4.78 is 26.9. The number of pyridine rings is 1. The van der Waals surface area contributed by atoms with Gasteiger partial charge in [-0.2, -0.15) is 0 Å². The molecule has 0 radical (unpaired) electrons. The zero-order valence-electron chi connectivity index (χ0n) is 13.8. The highest BCUT2D eigenvalue weighted by Crippen LogP contribution is 2.48. The highest BCUT2D eigenvalue weighted by atomic mass is 19.2. The number of hydrogen-bond donors (Lipinski definition) is 1. The molecule has 1 aliphatic rings. The minimum Gasteiger partial charge on any atom is -0.326 e. The molecule has 1 aliphatic heterocycles. The molecule has 25 heavy (non-hydrogen) atoms. The SMILES string of the molecule is CC1(C)CN(C(=O)C(=O)Nc2cccc(F)c2F)C1c1ccncc1. The zero-order valence-corrected chi connectivity index (χ0v) is 13.8. The summed E-state index contributed by atoms with van der Waals surface area (Å²) >= 11 is 0. The number of carbonyl (C=O) groups is 2. The largest absolute Gasteiger partial charge is 0.326 e. The fraction of sp³-hybridized carbons (Fsp3) is 0.278. The number of nitrogens with zero attached hydrogens (tertiary/aromatic N) is 2. The molecule has 0 bridgehead atoms. The topological polar surface area (TPSA) is 62.3 Å². The highest BCUT2D eigenvalue weighted by Gasteiger charge is 2.50. The number of carbonyl (C=O) groups excluding carboxylic acids is 2. The second-order valence-electron chi connectivity index (χ2n) is 6.66. The van der Waals surface area contributed by atoms with Gasteiger partial charge in [0.2, 0.25) is 0 Å². The first kappa shape index (κ1) is 17.0. The number of halogens is 2. The van der Waals surface area contributed by atoms with Crippen molar-refractivity contribution >= 4 is 17.5 Å². The molecular weight excluding hydrogens is 328 g/mol. The maximum absolute atomic E-state index is 13.7. The summed E-state index contributed by atoms with van der Waals surface area (Å²) in [5.41, 5.74) is 0.296. The minimum absolute atomic E-state index is 0.207. The van der Waals surface area contributed by atoms with Crippen LogP contribution >= 0.6 is 0 Å². The normalized spacial score (nSPS) is 18.4. The number of benzene rings is 1. The van der Waals surface area contributed by atoms with Crippen LogP contribution in [0.25, 0.3) is 0 Å². The predicted molar refractivity (Wildman–Crippen MR) is 87.5 cm³/mol. The van der Waals surface area contributed by atoms with Gasteiger partial charge in [-0.25, -0.2) is 8.78 Å². The van der Waals surface area contributed by atoms with Gasteiger partial charge in [0.05, 0.1) is 11.7 Å². The Balaban J connectivity index is 1.78. The number of rotatable bonds is 2. The molecule has 0 spiro atoms. The van der Waals surface area contributed by atoms with Gasteiger partial charge in [-0.3, -0.25) is 14.6 Å². The predicted octanol–water partition coefficient (Wildman–Crippen LogP) is 2.91. The summed E-state index contributed by atoms with van der Waals surface area (Å²) in [4.78, 5) is 30.0. The third-order valence-electron chi connectivity index (χ3n) is 4.31. The van der Waals surface area contributed by atoms with Crippen LogP contribution < -0.4 is 5.32 Å². The lowest BCUT2D eigenvalue weighted by molar-refractivity contribution is -0.158. The summed E-state index contributed by atoms with van der Waals surface area (Å²) in [6.07, 6.45) is 3.24. The van der Waals surface area contributed by atoms with Crippen LogP contribution in [0, 0.1) is 17.0 Å². The van der Waals surface area contributed by atoms with Gasteiger partial charge in [0, 0.05) is 24.4 Å². The zero-order chi connectivity index (χ0) is 18.2. The number of likely N-dealkylation sites (tertiary alicyclic amines) is 1. The molecule has 1 N–H and O–H groups in total. The van der Waals surface area contributed by atoms with Crippen molar-refractivity contribution in [3.05, 3.63) is 59.9 Å². The molecule has 1 aromatic heterocycles. The minimum atomic E-state index is -1.20. The smallest absolute Gasteiger partial charge is 0.314 e. The van der Waals surface area contributed by atoms with Crippen LogP contribution in [0.4, 0.5) is 14.5 Å². The van der Waals surface area contributed by atoms with Crippen LogP contribution in [0.1, 0.15) is 25.5 Å². The molecule has 2 amide bonds. The van der Waals surface area contributed by atoms with Crippen molar-refractivity contribution in [1.29, 1.82) is 0 Å². The van der Waals surface area contributed by atoms with E-state index < -0.39 is 23.4 Å². The van der Waals surface area contributed by atoms with Crippen LogP contribution in [0.5, 0.6) is 0 Å². The van der Waals surface area contributed by atoms with Crippen molar-refractivity contribution in [3.8, 4) is 0 Å². The molecule has 1 aromatic carbocycles. The van der Waals surface area contributed by atoms with E-state index in [1.165, 1.54) is 17.0 Å². The average Bonchev–Trinajstić information content (AvgIpc) is 2.57. The lowest BCUT2D eigenvalue weighted by atomic mass is 9.71. The molecule has 3 rings (SSSR count). The van der Waals surface area contributed by atoms with Crippen LogP contribution in [-0.2, 0) is 9.59 Å². The van der Waals surface area contributed by atoms with Gasteiger partial charge in [0.15, 0.2) is 11.6 Å². The van der Waals surface area contributed by atoms with E-state index in [2.05, 4.69) is 10.3 Å². The van der Waals surface area contributed by atoms with Crippen molar-refractivity contribution in [2.24, 2.45) is 5.41 Å². The summed E-state index contributed by atoms with van der Waals surface area (Å²) in [6, 6.07) is 6.68. The van der Waals surface area contributed by atoms with E-state index in [0.29, 0.717) is 6.54 Å². The number of aromatic nitrogens is 1. The summed E-state index contributed by atoms with van der Waals surface area (Å²) in [6.45, 7) is 4.37. The molecule has 0 aliphatic carbocycles. The van der Waals surface area contributed by atoms with E-state index in [-0.39, 0.29) is 17.1 Å². The van der Waals surface area contributed by atoms with Gasteiger partial charge >= 0.3 is 11.8 Å². The number of anilines is 1. The molecule has 130 valence electrons. The number of amides is 2. The van der Waals surface area contributed by atoms with Gasteiger partial charge in [-0.1, -0.05) is 19.9 Å². The maximum Gasteiger partial charge on any atom is 0.314 e. The van der Waals surface area contributed by atoms with Crippen LogP contribution in [0.2, 0.25) is 0 Å². The lowest BCUT2D eigenvalue weighted by Gasteiger charge is -2.54. The Morgan fingerprint density at radius 3 is 2.52 bits per heavy atom. The summed E-state index contributed by atoms with van der Waals surface area (Å²) in [5.74, 6) is -4.08. The number of nitrogens with one attached hydrogen (secondary N) is 1. The molecule has 2 aromatic rings. The van der Waals surface area contributed by atoms with Gasteiger partial charge in [-0.15, -0.1) is 0 Å². The Kier molecular flexibility index (Phi) is 4.24. The Bertz CT molecular complexity index is 824. The molecule has 5 nitrogen and oxygen atoms in total. The van der Waals surface area contributed by atoms with Crippen molar-refractivity contribution in [2.45, 2.75) is 19.9 Å². The number of hydrogen-bond acceptors (Lipinski definition) is 3. The van der Waals surface area contributed by atoms with Crippen LogP contribution in [-0.4, -0.2) is 28.2 Å². The Morgan fingerprint density at radius 1 is 1.20 bits per heavy atom. The van der Waals surface area contributed by atoms with Crippen molar-refractivity contribution in [1.82, 2.24) is 9.88 Å². The first-order valence-corrected chi connectivity index (χ1v) is 7.77. The van der Waals surface area contributed by atoms with E-state index in [0.717, 1.165) is 11.6 Å². The molecule has 0 saturated carbocycles. The van der Waals surface area contributed by atoms with Gasteiger partial charge < -0.3 is 10.2 Å². The first-order valence-electron chi connectivity index (χ1n) is 7.77. The summed E-state index contributed by atoms with van der Waals surface area (Å²) in [7, 11) is 0. The fourth-order valence-corrected chi connectivity index (χ4v) is 3.20. The second-order valence-corrected chi connectivity index (χ2v) is 6.66. The maximum atomic E-state index is 13.7. The third-order valence-corrected chi connectivity index (χ3v) is 4.31. The molecular formula is C18H17F2N3O2. The van der Waals surface area contributed by atoms with Gasteiger partial charge in [0.25, 0.3) is 0 Å². The van der Waals surface area contributed by atoms with E-state index in [1.54, 1.807) is 24.5 Å². The Hall–Kier alpha value is -2.83. The molecule has 1 fully saturated rings. The third kappa shape index (κ3) is 3.09. The van der Waals surface area contributed by atoms with Gasteiger partial charge in [0.1, 0.15) is 0 Å². The molecule has 1 unspecified atom stereocenters. The summed E-state index contributed by atoms with van der Waals surface area (Å²) in [5, 5.41) is 2.14. The van der Waals surface area contributed by atoms with E-state index in [9.17, 15) is 18.4 Å². The van der Waals surface area contributed by atoms with Crippen LogP contribution in [0.15, 0.2) is 42.7 Å². The van der Waals surface area contributed by atoms with E-state index in [4.69, 9.17) is 0 Å². The molecule has 1 saturated heterocycles. The molecule has 2 heterocycles. The van der Waals surface area contributed by atoms with Crippen LogP contribution in [0.3, 0.4) is 0 Å².